The summed E-state index contributed by atoms with van der Waals surface area (Å²) in [5, 5.41) is 3.63. The first kappa shape index (κ1) is 16.4. The molecule has 1 saturated carbocycles. The van der Waals surface area contributed by atoms with Crippen molar-refractivity contribution in [3.05, 3.63) is 76.1 Å². The summed E-state index contributed by atoms with van der Waals surface area (Å²) in [6.07, 6.45) is 2.01. The van der Waals surface area contributed by atoms with Gasteiger partial charge in [0.25, 0.3) is 5.91 Å². The third-order valence-electron chi connectivity index (χ3n) is 5.03. The molecular weight excluding hydrogens is 330 g/mol. The van der Waals surface area contributed by atoms with Crippen LogP contribution in [0.4, 0.5) is 0 Å². The van der Waals surface area contributed by atoms with Gasteiger partial charge in [0.2, 0.25) is 0 Å². The maximum absolute atomic E-state index is 12.5. The topological polar surface area (TPSA) is 68.5 Å². The molecule has 5 heteroatoms. The number of fused-ring (bicyclic) bond motifs is 1. The van der Waals surface area contributed by atoms with Crippen molar-refractivity contribution in [2.75, 3.05) is 13.7 Å². The molecule has 1 aromatic heterocycles. The van der Waals surface area contributed by atoms with Crippen LogP contribution < -0.4 is 15.7 Å². The fourth-order valence-corrected chi connectivity index (χ4v) is 3.23. The molecule has 1 heterocycles. The summed E-state index contributed by atoms with van der Waals surface area (Å²) < 4.78 is 10.4. The number of nitrogens with one attached hydrogen (secondary N) is 1. The van der Waals surface area contributed by atoms with E-state index in [2.05, 4.69) is 5.32 Å². The van der Waals surface area contributed by atoms with Crippen LogP contribution in [-0.2, 0) is 5.41 Å². The third kappa shape index (κ3) is 2.96. The van der Waals surface area contributed by atoms with Gasteiger partial charge in [-0.05, 0) is 42.7 Å². The standard InChI is InChI=1S/C21H19NO4/c1-25-16-8-6-15(7-9-16)21(10-11-21)13-22-19(23)17-12-14-4-2-3-5-18(14)26-20(17)24/h2-9,12H,10-11,13H2,1H3,(H,22,23). The molecule has 1 N–H and O–H groups in total. The quantitative estimate of drug-likeness (QED) is 0.718. The summed E-state index contributed by atoms with van der Waals surface area (Å²) in [7, 11) is 1.64. The fourth-order valence-electron chi connectivity index (χ4n) is 3.23. The average Bonchev–Trinajstić information content (AvgIpc) is 3.47. The Bertz CT molecular complexity index is 1020. The molecule has 0 aliphatic heterocycles. The molecule has 1 aliphatic carbocycles. The number of benzene rings is 2. The predicted octanol–water partition coefficient (Wildman–Crippen LogP) is 3.26. The summed E-state index contributed by atoms with van der Waals surface area (Å²) in [5.74, 6) is 0.409. The van der Waals surface area contributed by atoms with Crippen molar-refractivity contribution in [3.8, 4) is 5.75 Å². The van der Waals surface area contributed by atoms with Gasteiger partial charge in [0.1, 0.15) is 16.9 Å². The summed E-state index contributed by atoms with van der Waals surface area (Å²) in [6.45, 7) is 0.491. The van der Waals surface area contributed by atoms with Crippen LogP contribution in [0.1, 0.15) is 28.8 Å². The van der Waals surface area contributed by atoms with Gasteiger partial charge >= 0.3 is 5.63 Å². The van der Waals surface area contributed by atoms with Crippen LogP contribution in [0.25, 0.3) is 11.0 Å². The minimum Gasteiger partial charge on any atom is -0.497 e. The van der Waals surface area contributed by atoms with Gasteiger partial charge in [-0.15, -0.1) is 0 Å². The second-order valence-corrected chi connectivity index (χ2v) is 6.68. The van der Waals surface area contributed by atoms with E-state index in [1.165, 1.54) is 5.56 Å². The predicted molar refractivity (Wildman–Crippen MR) is 98.7 cm³/mol. The van der Waals surface area contributed by atoms with E-state index in [-0.39, 0.29) is 11.0 Å². The van der Waals surface area contributed by atoms with Crippen LogP contribution in [0.15, 0.2) is 63.8 Å². The molecule has 4 rings (SSSR count). The van der Waals surface area contributed by atoms with Gasteiger partial charge in [0.05, 0.1) is 7.11 Å². The lowest BCUT2D eigenvalue weighted by atomic mass is 9.95. The number of amides is 1. The molecular formula is C21H19NO4. The van der Waals surface area contributed by atoms with Gasteiger partial charge in [0.15, 0.2) is 0 Å². The van der Waals surface area contributed by atoms with E-state index in [4.69, 9.17) is 9.15 Å². The summed E-state index contributed by atoms with van der Waals surface area (Å²) in [5.41, 5.74) is 1.01. The Balaban J connectivity index is 1.52. The molecule has 1 fully saturated rings. The SMILES string of the molecule is COc1ccc(C2(CNC(=O)c3cc4ccccc4oc3=O)CC2)cc1. The van der Waals surface area contributed by atoms with Crippen molar-refractivity contribution in [3.63, 3.8) is 0 Å². The lowest BCUT2D eigenvalue weighted by Crippen LogP contribution is -2.34. The number of ether oxygens (including phenoxy) is 1. The lowest BCUT2D eigenvalue weighted by molar-refractivity contribution is 0.0946. The molecule has 0 bridgehead atoms. The van der Waals surface area contributed by atoms with Crippen molar-refractivity contribution in [1.82, 2.24) is 5.32 Å². The van der Waals surface area contributed by atoms with Crippen LogP contribution in [0.3, 0.4) is 0 Å². The minimum atomic E-state index is -0.615. The molecule has 0 atom stereocenters. The van der Waals surface area contributed by atoms with Gasteiger partial charge in [-0.1, -0.05) is 30.3 Å². The highest BCUT2D eigenvalue weighted by Crippen LogP contribution is 2.47. The van der Waals surface area contributed by atoms with E-state index in [0.29, 0.717) is 12.1 Å². The Morgan fingerprint density at radius 3 is 2.58 bits per heavy atom. The summed E-state index contributed by atoms with van der Waals surface area (Å²) in [6, 6.07) is 16.7. The third-order valence-corrected chi connectivity index (χ3v) is 5.03. The molecule has 0 saturated heterocycles. The number of para-hydroxylation sites is 1. The Morgan fingerprint density at radius 2 is 1.88 bits per heavy atom. The first-order valence-electron chi connectivity index (χ1n) is 8.57. The molecule has 5 nitrogen and oxygen atoms in total. The maximum atomic E-state index is 12.5. The van der Waals surface area contributed by atoms with Gasteiger partial charge in [0, 0.05) is 17.3 Å². The first-order chi connectivity index (χ1) is 12.6. The van der Waals surface area contributed by atoms with E-state index in [1.54, 1.807) is 25.3 Å². The Morgan fingerprint density at radius 1 is 1.15 bits per heavy atom. The molecule has 0 radical (unpaired) electrons. The highest BCUT2D eigenvalue weighted by atomic mass is 16.5. The molecule has 0 spiro atoms. The molecule has 1 aliphatic rings. The summed E-state index contributed by atoms with van der Waals surface area (Å²) >= 11 is 0. The van der Waals surface area contributed by atoms with E-state index in [1.807, 2.05) is 36.4 Å². The summed E-state index contributed by atoms with van der Waals surface area (Å²) in [4.78, 5) is 24.6. The second kappa shape index (κ2) is 6.33. The normalized spacial score (nSPS) is 14.8. The van der Waals surface area contributed by atoms with Crippen molar-refractivity contribution >= 4 is 16.9 Å². The van der Waals surface area contributed by atoms with Crippen LogP contribution in [0.5, 0.6) is 5.75 Å². The van der Waals surface area contributed by atoms with Crippen molar-refractivity contribution in [2.45, 2.75) is 18.3 Å². The zero-order valence-corrected chi connectivity index (χ0v) is 14.5. The number of hydrogen-bond acceptors (Lipinski definition) is 4. The average molecular weight is 349 g/mol. The number of methoxy groups -OCH3 is 1. The van der Waals surface area contributed by atoms with E-state index < -0.39 is 11.5 Å². The number of carbonyl (C=O) groups excluding carboxylic acids is 1. The van der Waals surface area contributed by atoms with Crippen LogP contribution in [0, 0.1) is 0 Å². The molecule has 3 aromatic rings. The van der Waals surface area contributed by atoms with Gasteiger partial charge in [-0.2, -0.15) is 0 Å². The van der Waals surface area contributed by atoms with Crippen LogP contribution >= 0.6 is 0 Å². The van der Waals surface area contributed by atoms with Crippen molar-refractivity contribution < 1.29 is 13.9 Å². The number of hydrogen-bond donors (Lipinski definition) is 1. The molecule has 132 valence electrons. The minimum absolute atomic E-state index is 0.0363. The van der Waals surface area contributed by atoms with Gasteiger partial charge in [-0.25, -0.2) is 4.79 Å². The monoisotopic (exact) mass is 349 g/mol. The number of carbonyl (C=O) groups is 1. The Hall–Kier alpha value is -3.08. The first-order valence-corrected chi connectivity index (χ1v) is 8.57. The second-order valence-electron chi connectivity index (χ2n) is 6.68. The van der Waals surface area contributed by atoms with Gasteiger partial charge in [-0.3, -0.25) is 4.79 Å². The maximum Gasteiger partial charge on any atom is 0.349 e. The Labute approximate surface area is 150 Å². The molecule has 2 aromatic carbocycles. The van der Waals surface area contributed by atoms with E-state index in [9.17, 15) is 9.59 Å². The zero-order valence-electron chi connectivity index (χ0n) is 14.5. The number of rotatable bonds is 5. The lowest BCUT2D eigenvalue weighted by Gasteiger charge is -2.17. The smallest absolute Gasteiger partial charge is 0.349 e. The van der Waals surface area contributed by atoms with E-state index >= 15 is 0 Å². The highest BCUT2D eigenvalue weighted by molar-refractivity contribution is 5.96. The fraction of sp³-hybridized carbons (Fsp3) is 0.238. The van der Waals surface area contributed by atoms with Gasteiger partial charge < -0.3 is 14.5 Å². The highest BCUT2D eigenvalue weighted by Gasteiger charge is 2.44. The van der Waals surface area contributed by atoms with Crippen molar-refractivity contribution in [2.24, 2.45) is 0 Å². The Kier molecular flexibility index (Phi) is 3.99. The van der Waals surface area contributed by atoms with E-state index in [0.717, 1.165) is 24.0 Å². The van der Waals surface area contributed by atoms with Crippen LogP contribution in [-0.4, -0.2) is 19.6 Å². The largest absolute Gasteiger partial charge is 0.497 e. The molecule has 26 heavy (non-hydrogen) atoms. The van der Waals surface area contributed by atoms with Crippen molar-refractivity contribution in [1.29, 1.82) is 0 Å². The van der Waals surface area contributed by atoms with Crippen LogP contribution in [0.2, 0.25) is 0 Å². The molecule has 0 unspecified atom stereocenters. The zero-order chi connectivity index (χ0) is 18.1. The molecule has 1 amide bonds.